The van der Waals surface area contributed by atoms with Gasteiger partial charge in [0.2, 0.25) is 6.79 Å². The molecule has 29 heavy (non-hydrogen) atoms. The van der Waals surface area contributed by atoms with E-state index in [1.165, 1.54) is 24.3 Å². The first-order valence-corrected chi connectivity index (χ1v) is 10.2. The molecule has 0 aliphatic carbocycles. The molecule has 0 saturated carbocycles. The van der Waals surface area contributed by atoms with Crippen LogP contribution in [0.3, 0.4) is 0 Å². The van der Waals surface area contributed by atoms with E-state index in [0.29, 0.717) is 17.2 Å². The zero-order valence-electron chi connectivity index (χ0n) is 14.8. The van der Waals surface area contributed by atoms with E-state index in [4.69, 9.17) is 21.1 Å². The summed E-state index contributed by atoms with van der Waals surface area (Å²) in [5.74, 6) is 0.621. The Morgan fingerprint density at radius 3 is 2.62 bits per heavy atom. The highest BCUT2D eigenvalue weighted by molar-refractivity contribution is 7.92. The van der Waals surface area contributed by atoms with Gasteiger partial charge in [0.15, 0.2) is 11.5 Å². The van der Waals surface area contributed by atoms with Gasteiger partial charge < -0.3 is 14.8 Å². The molecular formula is C19H14ClN3O5S. The number of pyridine rings is 1. The van der Waals surface area contributed by atoms with Crippen LogP contribution in [0.2, 0.25) is 5.15 Å². The monoisotopic (exact) mass is 431 g/mol. The molecule has 0 bridgehead atoms. The van der Waals surface area contributed by atoms with E-state index in [2.05, 4.69) is 15.0 Å². The number of ether oxygens (including phenoxy) is 2. The zero-order chi connectivity index (χ0) is 20.4. The van der Waals surface area contributed by atoms with Gasteiger partial charge in [0, 0.05) is 18.0 Å². The quantitative estimate of drug-likeness (QED) is 0.598. The molecule has 4 rings (SSSR count). The lowest BCUT2D eigenvalue weighted by Gasteiger charge is -2.13. The van der Waals surface area contributed by atoms with Crippen molar-refractivity contribution in [2.24, 2.45) is 0 Å². The van der Waals surface area contributed by atoms with E-state index < -0.39 is 15.9 Å². The van der Waals surface area contributed by atoms with Crippen molar-refractivity contribution >= 4 is 38.9 Å². The van der Waals surface area contributed by atoms with Crippen LogP contribution in [0.1, 0.15) is 10.4 Å². The van der Waals surface area contributed by atoms with E-state index in [0.717, 1.165) is 6.20 Å². The summed E-state index contributed by atoms with van der Waals surface area (Å²) >= 11 is 5.70. The maximum atomic E-state index is 12.8. The Labute approximate surface area is 171 Å². The number of carbonyl (C=O) groups is 1. The first kappa shape index (κ1) is 19.0. The van der Waals surface area contributed by atoms with Crippen molar-refractivity contribution in [2.45, 2.75) is 4.90 Å². The molecule has 3 aromatic rings. The molecule has 1 amide bonds. The fourth-order valence-electron chi connectivity index (χ4n) is 2.67. The minimum absolute atomic E-state index is 0.0760. The Hall–Kier alpha value is -3.30. The molecule has 2 N–H and O–H groups in total. The number of rotatable bonds is 5. The molecule has 0 radical (unpaired) electrons. The molecular weight excluding hydrogens is 418 g/mol. The SMILES string of the molecule is O=C(Nc1ccc2c(c1)OCO2)c1ccccc1NS(=O)(=O)c1ccc(Cl)nc1. The lowest BCUT2D eigenvalue weighted by Crippen LogP contribution is -2.18. The van der Waals surface area contributed by atoms with E-state index in [1.807, 2.05) is 0 Å². The second-order valence-electron chi connectivity index (χ2n) is 5.99. The molecule has 0 spiro atoms. The lowest BCUT2D eigenvalue weighted by molar-refractivity contribution is 0.102. The van der Waals surface area contributed by atoms with Gasteiger partial charge in [-0.3, -0.25) is 9.52 Å². The number of benzene rings is 2. The highest BCUT2D eigenvalue weighted by Gasteiger charge is 2.20. The number of sulfonamides is 1. The Balaban J connectivity index is 1.58. The van der Waals surface area contributed by atoms with E-state index in [9.17, 15) is 13.2 Å². The number of hydrogen-bond acceptors (Lipinski definition) is 6. The number of halogens is 1. The van der Waals surface area contributed by atoms with Gasteiger partial charge in [-0.05, 0) is 36.4 Å². The van der Waals surface area contributed by atoms with Gasteiger partial charge in [-0.2, -0.15) is 0 Å². The fourth-order valence-corrected chi connectivity index (χ4v) is 3.80. The van der Waals surface area contributed by atoms with E-state index >= 15 is 0 Å². The fraction of sp³-hybridized carbons (Fsp3) is 0.0526. The van der Waals surface area contributed by atoms with Crippen LogP contribution in [0.25, 0.3) is 0 Å². The Bertz CT molecular complexity index is 1180. The van der Waals surface area contributed by atoms with E-state index in [1.54, 1.807) is 30.3 Å². The second-order valence-corrected chi connectivity index (χ2v) is 8.06. The number of para-hydroxylation sites is 1. The molecule has 1 aliphatic rings. The lowest BCUT2D eigenvalue weighted by atomic mass is 10.1. The summed E-state index contributed by atoms with van der Waals surface area (Å²) in [7, 11) is -3.95. The third kappa shape index (κ3) is 4.10. The molecule has 0 fully saturated rings. The van der Waals surface area contributed by atoms with Crippen molar-refractivity contribution < 1.29 is 22.7 Å². The largest absolute Gasteiger partial charge is 0.454 e. The summed E-state index contributed by atoms with van der Waals surface area (Å²) in [4.78, 5) is 16.5. The molecule has 0 saturated heterocycles. The van der Waals surface area contributed by atoms with Crippen molar-refractivity contribution in [2.75, 3.05) is 16.8 Å². The third-order valence-corrected chi connectivity index (χ3v) is 5.63. The average molecular weight is 432 g/mol. The predicted octanol–water partition coefficient (Wildman–Crippen LogP) is 3.52. The number of nitrogens with one attached hydrogen (secondary N) is 2. The van der Waals surface area contributed by atoms with Gasteiger partial charge >= 0.3 is 0 Å². The molecule has 8 nitrogen and oxygen atoms in total. The van der Waals surface area contributed by atoms with Gasteiger partial charge in [-0.1, -0.05) is 23.7 Å². The third-order valence-electron chi connectivity index (χ3n) is 4.06. The summed E-state index contributed by atoms with van der Waals surface area (Å²) in [6.07, 6.45) is 1.14. The predicted molar refractivity (Wildman–Crippen MR) is 107 cm³/mol. The smallest absolute Gasteiger partial charge is 0.263 e. The number of hydrogen-bond donors (Lipinski definition) is 2. The molecule has 2 heterocycles. The number of fused-ring (bicyclic) bond motifs is 1. The van der Waals surface area contributed by atoms with Crippen LogP contribution in [0.5, 0.6) is 11.5 Å². The molecule has 2 aromatic carbocycles. The molecule has 1 aliphatic heterocycles. The van der Waals surface area contributed by atoms with Crippen LogP contribution in [0, 0.1) is 0 Å². The molecule has 0 unspecified atom stereocenters. The highest BCUT2D eigenvalue weighted by atomic mass is 35.5. The minimum atomic E-state index is -3.95. The summed E-state index contributed by atoms with van der Waals surface area (Å²) in [6, 6.07) is 13.9. The zero-order valence-corrected chi connectivity index (χ0v) is 16.3. The Kier molecular flexibility index (Phi) is 4.99. The topological polar surface area (TPSA) is 107 Å². The number of amides is 1. The number of anilines is 2. The summed E-state index contributed by atoms with van der Waals surface area (Å²) < 4.78 is 38.2. The minimum Gasteiger partial charge on any atom is -0.454 e. The number of nitrogens with zero attached hydrogens (tertiary/aromatic N) is 1. The normalized spacial score (nSPS) is 12.4. The van der Waals surface area contributed by atoms with Gasteiger partial charge in [0.25, 0.3) is 15.9 Å². The maximum absolute atomic E-state index is 12.8. The van der Waals surface area contributed by atoms with Crippen molar-refractivity contribution in [1.82, 2.24) is 4.98 Å². The van der Waals surface area contributed by atoms with Crippen LogP contribution in [0.15, 0.2) is 65.7 Å². The van der Waals surface area contributed by atoms with E-state index in [-0.39, 0.29) is 28.1 Å². The van der Waals surface area contributed by atoms with Gasteiger partial charge in [-0.25, -0.2) is 13.4 Å². The van der Waals surface area contributed by atoms with Crippen LogP contribution >= 0.6 is 11.6 Å². The highest BCUT2D eigenvalue weighted by Crippen LogP contribution is 2.34. The summed E-state index contributed by atoms with van der Waals surface area (Å²) in [6.45, 7) is 0.122. The first-order valence-electron chi connectivity index (χ1n) is 8.37. The van der Waals surface area contributed by atoms with Gasteiger partial charge in [-0.15, -0.1) is 0 Å². The standard InChI is InChI=1S/C19H14ClN3O5S/c20-18-8-6-13(10-21-18)29(25,26)23-15-4-2-1-3-14(15)19(24)22-12-5-7-16-17(9-12)28-11-27-16/h1-10,23H,11H2,(H,22,24). The molecule has 148 valence electrons. The summed E-state index contributed by atoms with van der Waals surface area (Å²) in [5.41, 5.74) is 0.759. The Morgan fingerprint density at radius 1 is 1.03 bits per heavy atom. The van der Waals surface area contributed by atoms with Crippen molar-refractivity contribution in [3.05, 3.63) is 71.5 Å². The van der Waals surface area contributed by atoms with Crippen molar-refractivity contribution in [3.8, 4) is 11.5 Å². The van der Waals surface area contributed by atoms with Crippen LogP contribution in [-0.4, -0.2) is 26.1 Å². The molecule has 0 atom stereocenters. The van der Waals surface area contributed by atoms with Crippen molar-refractivity contribution in [1.29, 1.82) is 0 Å². The first-order chi connectivity index (χ1) is 13.9. The number of carbonyl (C=O) groups excluding carboxylic acids is 1. The maximum Gasteiger partial charge on any atom is 0.263 e. The van der Waals surface area contributed by atoms with Crippen LogP contribution in [0.4, 0.5) is 11.4 Å². The van der Waals surface area contributed by atoms with Gasteiger partial charge in [0.05, 0.1) is 11.3 Å². The van der Waals surface area contributed by atoms with Crippen LogP contribution in [-0.2, 0) is 10.0 Å². The summed E-state index contributed by atoms with van der Waals surface area (Å²) in [5, 5.41) is 2.90. The average Bonchev–Trinajstić information content (AvgIpc) is 3.16. The Morgan fingerprint density at radius 2 is 1.83 bits per heavy atom. The van der Waals surface area contributed by atoms with Crippen LogP contribution < -0.4 is 19.5 Å². The second kappa shape index (κ2) is 7.61. The molecule has 10 heteroatoms. The molecule has 1 aromatic heterocycles. The van der Waals surface area contributed by atoms with Crippen molar-refractivity contribution in [3.63, 3.8) is 0 Å². The van der Waals surface area contributed by atoms with Gasteiger partial charge in [0.1, 0.15) is 10.0 Å². The number of aromatic nitrogens is 1.